The van der Waals surface area contributed by atoms with Crippen LogP contribution in [-0.2, 0) is 0 Å². The SMILES string of the molecule is COc1ccc(-c2nc3ncc(-c4ccccc4)nn3c2C)cc1. The fourth-order valence-corrected chi connectivity index (χ4v) is 2.70. The van der Waals surface area contributed by atoms with Crippen molar-refractivity contribution >= 4 is 5.78 Å². The van der Waals surface area contributed by atoms with E-state index in [-0.39, 0.29) is 0 Å². The molecule has 0 aliphatic rings. The van der Waals surface area contributed by atoms with Crippen molar-refractivity contribution in [1.29, 1.82) is 0 Å². The van der Waals surface area contributed by atoms with Gasteiger partial charge in [-0.1, -0.05) is 30.3 Å². The molecule has 2 heterocycles. The topological polar surface area (TPSA) is 52.3 Å². The lowest BCUT2D eigenvalue weighted by Gasteiger charge is -2.03. The second-order valence-corrected chi connectivity index (χ2v) is 5.50. The summed E-state index contributed by atoms with van der Waals surface area (Å²) < 4.78 is 7.00. The van der Waals surface area contributed by atoms with E-state index in [1.54, 1.807) is 17.8 Å². The van der Waals surface area contributed by atoms with Crippen LogP contribution in [0.3, 0.4) is 0 Å². The van der Waals surface area contributed by atoms with E-state index in [2.05, 4.69) is 9.97 Å². The fourth-order valence-electron chi connectivity index (χ4n) is 2.70. The van der Waals surface area contributed by atoms with Crippen LogP contribution in [-0.4, -0.2) is 26.7 Å². The van der Waals surface area contributed by atoms with E-state index in [0.717, 1.165) is 34.0 Å². The minimum Gasteiger partial charge on any atom is -0.497 e. The predicted octanol–water partition coefficient (Wildman–Crippen LogP) is 3.78. The summed E-state index contributed by atoms with van der Waals surface area (Å²) >= 11 is 0. The maximum Gasteiger partial charge on any atom is 0.251 e. The number of rotatable bonds is 3. The summed E-state index contributed by atoms with van der Waals surface area (Å²) in [5.41, 5.74) is 4.71. The average molecular weight is 316 g/mol. The van der Waals surface area contributed by atoms with Crippen molar-refractivity contribution in [3.05, 3.63) is 66.5 Å². The first-order valence-electron chi connectivity index (χ1n) is 7.68. The summed E-state index contributed by atoms with van der Waals surface area (Å²) in [6, 6.07) is 17.8. The van der Waals surface area contributed by atoms with Crippen LogP contribution in [0.25, 0.3) is 28.3 Å². The number of nitrogens with zero attached hydrogens (tertiary/aromatic N) is 4. The zero-order valence-corrected chi connectivity index (χ0v) is 13.5. The van der Waals surface area contributed by atoms with Crippen molar-refractivity contribution in [2.75, 3.05) is 7.11 Å². The van der Waals surface area contributed by atoms with Crippen LogP contribution in [0.4, 0.5) is 0 Å². The number of aryl methyl sites for hydroxylation is 1. The zero-order valence-electron chi connectivity index (χ0n) is 13.5. The van der Waals surface area contributed by atoms with Crippen LogP contribution in [0.5, 0.6) is 5.75 Å². The zero-order chi connectivity index (χ0) is 16.5. The Morgan fingerprint density at radius 3 is 2.38 bits per heavy atom. The van der Waals surface area contributed by atoms with Gasteiger partial charge in [0.2, 0.25) is 0 Å². The Kier molecular flexibility index (Phi) is 3.46. The number of hydrogen-bond donors (Lipinski definition) is 0. The largest absolute Gasteiger partial charge is 0.497 e. The molecule has 0 bridgehead atoms. The van der Waals surface area contributed by atoms with Crippen molar-refractivity contribution in [3.8, 4) is 28.3 Å². The van der Waals surface area contributed by atoms with E-state index in [0.29, 0.717) is 5.78 Å². The van der Waals surface area contributed by atoms with Gasteiger partial charge in [0.15, 0.2) is 0 Å². The fraction of sp³-hybridized carbons (Fsp3) is 0.105. The van der Waals surface area contributed by atoms with E-state index >= 15 is 0 Å². The molecular formula is C19H16N4O. The quantitative estimate of drug-likeness (QED) is 0.577. The van der Waals surface area contributed by atoms with E-state index in [1.807, 2.05) is 61.5 Å². The lowest BCUT2D eigenvalue weighted by molar-refractivity contribution is 0.415. The van der Waals surface area contributed by atoms with E-state index < -0.39 is 0 Å². The molecule has 24 heavy (non-hydrogen) atoms. The summed E-state index contributed by atoms with van der Waals surface area (Å²) in [6.45, 7) is 2.00. The Balaban J connectivity index is 1.82. The molecule has 2 aromatic carbocycles. The molecule has 0 fully saturated rings. The predicted molar refractivity (Wildman–Crippen MR) is 92.9 cm³/mol. The van der Waals surface area contributed by atoms with Gasteiger partial charge in [-0.05, 0) is 31.2 Å². The van der Waals surface area contributed by atoms with Gasteiger partial charge in [0, 0.05) is 11.1 Å². The Morgan fingerprint density at radius 1 is 0.917 bits per heavy atom. The number of fused-ring (bicyclic) bond motifs is 1. The molecule has 0 saturated heterocycles. The first-order valence-corrected chi connectivity index (χ1v) is 7.68. The normalized spacial score (nSPS) is 10.9. The molecule has 2 aromatic heterocycles. The highest BCUT2D eigenvalue weighted by Crippen LogP contribution is 2.25. The smallest absolute Gasteiger partial charge is 0.251 e. The minimum absolute atomic E-state index is 0.595. The van der Waals surface area contributed by atoms with Gasteiger partial charge in [-0.15, -0.1) is 0 Å². The van der Waals surface area contributed by atoms with Crippen LogP contribution in [0.15, 0.2) is 60.8 Å². The number of imidazole rings is 1. The van der Waals surface area contributed by atoms with Gasteiger partial charge in [-0.3, -0.25) is 0 Å². The van der Waals surface area contributed by atoms with Crippen molar-refractivity contribution in [2.45, 2.75) is 6.92 Å². The highest BCUT2D eigenvalue weighted by Gasteiger charge is 2.13. The van der Waals surface area contributed by atoms with Gasteiger partial charge in [0.25, 0.3) is 5.78 Å². The molecule has 4 rings (SSSR count). The van der Waals surface area contributed by atoms with E-state index in [4.69, 9.17) is 9.84 Å². The summed E-state index contributed by atoms with van der Waals surface area (Å²) in [4.78, 5) is 9.08. The molecule has 0 atom stereocenters. The second-order valence-electron chi connectivity index (χ2n) is 5.50. The number of benzene rings is 2. The Hall–Kier alpha value is -3.21. The van der Waals surface area contributed by atoms with Gasteiger partial charge in [0.05, 0.1) is 24.7 Å². The summed E-state index contributed by atoms with van der Waals surface area (Å²) in [5.74, 6) is 1.42. The summed E-state index contributed by atoms with van der Waals surface area (Å²) in [6.07, 6.45) is 1.76. The van der Waals surface area contributed by atoms with Crippen molar-refractivity contribution < 1.29 is 4.74 Å². The molecule has 0 spiro atoms. The maximum absolute atomic E-state index is 5.21. The van der Waals surface area contributed by atoms with Crippen molar-refractivity contribution in [3.63, 3.8) is 0 Å². The first kappa shape index (κ1) is 14.4. The maximum atomic E-state index is 5.21. The second kappa shape index (κ2) is 5.77. The molecule has 0 unspecified atom stereocenters. The number of ether oxygens (including phenoxy) is 1. The third-order valence-corrected chi connectivity index (χ3v) is 4.00. The lowest BCUT2D eigenvalue weighted by atomic mass is 10.1. The monoisotopic (exact) mass is 316 g/mol. The third-order valence-electron chi connectivity index (χ3n) is 4.00. The molecule has 4 aromatic rings. The van der Waals surface area contributed by atoms with Crippen LogP contribution in [0.2, 0.25) is 0 Å². The molecule has 0 aliphatic heterocycles. The summed E-state index contributed by atoms with van der Waals surface area (Å²) in [7, 11) is 1.66. The minimum atomic E-state index is 0.595. The molecule has 0 radical (unpaired) electrons. The average Bonchev–Trinajstić information content (AvgIpc) is 2.99. The Bertz CT molecular complexity index is 991. The summed E-state index contributed by atoms with van der Waals surface area (Å²) in [5, 5.41) is 4.69. The molecule has 0 aliphatic carbocycles. The van der Waals surface area contributed by atoms with E-state index in [9.17, 15) is 0 Å². The Morgan fingerprint density at radius 2 is 1.67 bits per heavy atom. The molecule has 0 N–H and O–H groups in total. The molecule has 5 heteroatoms. The standard InChI is InChI=1S/C19H16N4O/c1-13-18(15-8-10-16(24-2)11-9-15)21-19-20-12-17(22-23(13)19)14-6-4-3-5-7-14/h3-12H,1-2H3. The van der Waals surface area contributed by atoms with Gasteiger partial charge < -0.3 is 4.74 Å². The molecular weight excluding hydrogens is 300 g/mol. The molecule has 0 amide bonds. The van der Waals surface area contributed by atoms with Gasteiger partial charge in [0.1, 0.15) is 11.4 Å². The molecule has 118 valence electrons. The van der Waals surface area contributed by atoms with Crippen molar-refractivity contribution in [1.82, 2.24) is 19.6 Å². The van der Waals surface area contributed by atoms with E-state index in [1.165, 1.54) is 0 Å². The highest BCUT2D eigenvalue weighted by molar-refractivity contribution is 5.66. The molecule has 5 nitrogen and oxygen atoms in total. The highest BCUT2D eigenvalue weighted by atomic mass is 16.5. The third kappa shape index (κ3) is 2.40. The van der Waals surface area contributed by atoms with Crippen LogP contribution < -0.4 is 4.74 Å². The van der Waals surface area contributed by atoms with Gasteiger partial charge in [-0.25, -0.2) is 14.5 Å². The molecule has 0 saturated carbocycles. The van der Waals surface area contributed by atoms with Crippen LogP contribution >= 0.6 is 0 Å². The van der Waals surface area contributed by atoms with Gasteiger partial charge in [-0.2, -0.15) is 5.10 Å². The first-order chi connectivity index (χ1) is 11.8. The Labute approximate surface area is 139 Å². The van der Waals surface area contributed by atoms with Gasteiger partial charge >= 0.3 is 0 Å². The number of methoxy groups -OCH3 is 1. The van der Waals surface area contributed by atoms with Crippen LogP contribution in [0.1, 0.15) is 5.69 Å². The number of aromatic nitrogens is 4. The van der Waals surface area contributed by atoms with Crippen LogP contribution in [0, 0.1) is 6.92 Å². The number of hydrogen-bond acceptors (Lipinski definition) is 4. The van der Waals surface area contributed by atoms with Crippen molar-refractivity contribution in [2.24, 2.45) is 0 Å². The lowest BCUT2D eigenvalue weighted by Crippen LogP contribution is -1.98.